The highest BCUT2D eigenvalue weighted by Gasteiger charge is 2.59. The van der Waals surface area contributed by atoms with Gasteiger partial charge in [0, 0.05) is 17.4 Å². The number of nitrogens with zero attached hydrogens (tertiary/aromatic N) is 1. The first kappa shape index (κ1) is 22.2. The van der Waals surface area contributed by atoms with E-state index in [2.05, 4.69) is 15.6 Å². The number of hydrogen-bond acceptors (Lipinski definition) is 3. The molecule has 0 atom stereocenters. The van der Waals surface area contributed by atoms with E-state index in [1.807, 2.05) is 0 Å². The predicted molar refractivity (Wildman–Crippen MR) is 107 cm³/mol. The van der Waals surface area contributed by atoms with Gasteiger partial charge in [-0.25, -0.2) is 4.98 Å². The van der Waals surface area contributed by atoms with Crippen molar-refractivity contribution >= 4 is 23.5 Å². The lowest BCUT2D eigenvalue weighted by Crippen LogP contribution is -2.34. The van der Waals surface area contributed by atoms with Gasteiger partial charge in [-0.15, -0.1) is 0 Å². The molecule has 0 radical (unpaired) electrons. The first-order valence-corrected chi connectivity index (χ1v) is 10.2. The van der Waals surface area contributed by atoms with E-state index in [9.17, 15) is 31.5 Å². The molecular formula is C22H20F5N3O2. The number of aromatic nitrogens is 1. The topological polar surface area (TPSA) is 71.1 Å². The van der Waals surface area contributed by atoms with E-state index in [4.69, 9.17) is 0 Å². The van der Waals surface area contributed by atoms with Crippen molar-refractivity contribution in [1.82, 2.24) is 4.98 Å². The van der Waals surface area contributed by atoms with E-state index in [0.717, 1.165) is 37.8 Å². The molecule has 170 valence electrons. The molecule has 1 aromatic heterocycles. The molecule has 2 fully saturated rings. The molecule has 1 heterocycles. The number of hydrogen-bond donors (Lipinski definition) is 2. The van der Waals surface area contributed by atoms with Gasteiger partial charge in [-0.2, -0.15) is 22.0 Å². The van der Waals surface area contributed by atoms with Gasteiger partial charge >= 0.3 is 12.1 Å². The van der Waals surface area contributed by atoms with E-state index in [1.54, 1.807) is 0 Å². The lowest BCUT2D eigenvalue weighted by Gasteiger charge is -2.22. The number of carbonyl (C=O) groups excluding carboxylic acids is 2. The highest BCUT2D eigenvalue weighted by molar-refractivity contribution is 5.96. The number of halogens is 5. The van der Waals surface area contributed by atoms with Crippen molar-refractivity contribution in [1.29, 1.82) is 0 Å². The predicted octanol–water partition coefficient (Wildman–Crippen LogP) is 5.41. The Kier molecular flexibility index (Phi) is 5.42. The van der Waals surface area contributed by atoms with Gasteiger partial charge in [0.05, 0.1) is 0 Å². The molecule has 2 aliphatic rings. The average Bonchev–Trinajstić information content (AvgIpc) is 3.59. The van der Waals surface area contributed by atoms with E-state index >= 15 is 0 Å². The summed E-state index contributed by atoms with van der Waals surface area (Å²) in [7, 11) is 0. The summed E-state index contributed by atoms with van der Waals surface area (Å²) in [6, 6.07) is 6.08. The maximum atomic E-state index is 13.8. The SMILES string of the molecule is Cc1cc(-c2cc(NC(=O)C3CC3)nc(NC(=O)C3CC3)c2)ccc1C(F)(F)C(F)(F)F. The molecule has 0 spiro atoms. The van der Waals surface area contributed by atoms with Gasteiger partial charge in [0.15, 0.2) is 0 Å². The quantitative estimate of drug-likeness (QED) is 0.575. The maximum Gasteiger partial charge on any atom is 0.458 e. The minimum atomic E-state index is -5.71. The maximum absolute atomic E-state index is 13.8. The molecule has 10 heteroatoms. The minimum Gasteiger partial charge on any atom is -0.310 e. The van der Waals surface area contributed by atoms with Crippen LogP contribution in [0.2, 0.25) is 0 Å². The number of pyridine rings is 1. The van der Waals surface area contributed by atoms with Crippen LogP contribution in [0.1, 0.15) is 36.8 Å². The van der Waals surface area contributed by atoms with Crippen LogP contribution in [-0.4, -0.2) is 23.0 Å². The molecule has 2 aliphatic carbocycles. The molecule has 1 aromatic carbocycles. The number of aryl methyl sites for hydroxylation is 1. The average molecular weight is 453 g/mol. The lowest BCUT2D eigenvalue weighted by atomic mass is 9.96. The molecule has 5 nitrogen and oxygen atoms in total. The molecule has 2 amide bonds. The van der Waals surface area contributed by atoms with Crippen molar-refractivity contribution in [3.8, 4) is 11.1 Å². The number of anilines is 2. The summed E-state index contributed by atoms with van der Waals surface area (Å²) in [6.07, 6.45) is -2.64. The van der Waals surface area contributed by atoms with Crippen LogP contribution < -0.4 is 10.6 Å². The molecule has 2 aromatic rings. The zero-order chi connectivity index (χ0) is 23.3. The third-order valence-electron chi connectivity index (χ3n) is 5.48. The van der Waals surface area contributed by atoms with Crippen molar-refractivity contribution in [2.45, 2.75) is 44.7 Å². The van der Waals surface area contributed by atoms with E-state index < -0.39 is 17.7 Å². The Morgan fingerprint density at radius 2 is 1.34 bits per heavy atom. The molecule has 0 bridgehead atoms. The van der Waals surface area contributed by atoms with E-state index in [1.165, 1.54) is 25.1 Å². The van der Waals surface area contributed by atoms with Gasteiger partial charge in [-0.1, -0.05) is 18.2 Å². The summed E-state index contributed by atoms with van der Waals surface area (Å²) in [6.45, 7) is 1.17. The van der Waals surface area contributed by atoms with E-state index in [-0.39, 0.29) is 40.8 Å². The minimum absolute atomic E-state index is 0.101. The Labute approximate surface area is 180 Å². The van der Waals surface area contributed by atoms with Gasteiger partial charge in [0.1, 0.15) is 11.6 Å². The van der Waals surface area contributed by atoms with Crippen LogP contribution in [0.4, 0.5) is 33.6 Å². The molecular weight excluding hydrogens is 433 g/mol. The number of carbonyl (C=O) groups is 2. The number of amides is 2. The number of rotatable bonds is 6. The summed E-state index contributed by atoms with van der Waals surface area (Å²) in [4.78, 5) is 28.5. The van der Waals surface area contributed by atoms with Crippen molar-refractivity contribution in [3.05, 3.63) is 41.5 Å². The first-order chi connectivity index (χ1) is 15.0. The van der Waals surface area contributed by atoms with E-state index in [0.29, 0.717) is 11.1 Å². The fourth-order valence-electron chi connectivity index (χ4n) is 3.32. The Balaban J connectivity index is 1.68. The second-order valence-corrected chi connectivity index (χ2v) is 8.26. The van der Waals surface area contributed by atoms with Crippen molar-refractivity contribution in [3.63, 3.8) is 0 Å². The Hall–Kier alpha value is -3.04. The van der Waals surface area contributed by atoms with Crippen LogP contribution in [0.3, 0.4) is 0 Å². The molecule has 0 aliphatic heterocycles. The molecule has 2 saturated carbocycles. The molecule has 0 saturated heterocycles. The van der Waals surface area contributed by atoms with Crippen LogP contribution in [0.25, 0.3) is 11.1 Å². The summed E-state index contributed by atoms with van der Waals surface area (Å²) >= 11 is 0. The summed E-state index contributed by atoms with van der Waals surface area (Å²) in [5.41, 5.74) is -0.626. The van der Waals surface area contributed by atoms with Gasteiger partial charge in [0.2, 0.25) is 11.8 Å². The Morgan fingerprint density at radius 1 is 0.844 bits per heavy atom. The van der Waals surface area contributed by atoms with Gasteiger partial charge in [0.25, 0.3) is 0 Å². The van der Waals surface area contributed by atoms with Crippen LogP contribution in [0.15, 0.2) is 30.3 Å². The van der Waals surface area contributed by atoms with Gasteiger partial charge in [-0.3, -0.25) is 9.59 Å². The Morgan fingerprint density at radius 3 is 1.75 bits per heavy atom. The third kappa shape index (κ3) is 4.58. The van der Waals surface area contributed by atoms with Crippen LogP contribution in [-0.2, 0) is 15.5 Å². The fourth-order valence-corrected chi connectivity index (χ4v) is 3.32. The smallest absolute Gasteiger partial charge is 0.310 e. The fraction of sp³-hybridized carbons (Fsp3) is 0.409. The molecule has 0 unspecified atom stereocenters. The lowest BCUT2D eigenvalue weighted by molar-refractivity contribution is -0.289. The molecule has 2 N–H and O–H groups in total. The number of nitrogens with one attached hydrogen (secondary N) is 2. The Bertz CT molecular complexity index is 1030. The highest BCUT2D eigenvalue weighted by atomic mass is 19.4. The highest BCUT2D eigenvalue weighted by Crippen LogP contribution is 2.45. The van der Waals surface area contributed by atoms with Crippen LogP contribution in [0.5, 0.6) is 0 Å². The monoisotopic (exact) mass is 453 g/mol. The number of benzene rings is 1. The molecule has 32 heavy (non-hydrogen) atoms. The summed E-state index contributed by atoms with van der Waals surface area (Å²) < 4.78 is 65.9. The second kappa shape index (κ2) is 7.83. The number of alkyl halides is 5. The second-order valence-electron chi connectivity index (χ2n) is 8.26. The van der Waals surface area contributed by atoms with Crippen LogP contribution >= 0.6 is 0 Å². The van der Waals surface area contributed by atoms with Crippen molar-refractivity contribution < 1.29 is 31.5 Å². The van der Waals surface area contributed by atoms with Gasteiger partial charge < -0.3 is 10.6 Å². The van der Waals surface area contributed by atoms with Crippen molar-refractivity contribution in [2.75, 3.05) is 10.6 Å². The normalized spacial score (nSPS) is 16.6. The van der Waals surface area contributed by atoms with Gasteiger partial charge in [-0.05, 0) is 61.4 Å². The molecule has 4 rings (SSSR count). The largest absolute Gasteiger partial charge is 0.458 e. The zero-order valence-corrected chi connectivity index (χ0v) is 17.0. The standard InChI is InChI=1S/C22H20F5N3O2/c1-11-8-14(6-7-16(11)21(23,24)22(25,26)27)15-9-17(29-19(31)12-2-3-12)28-18(10-15)30-20(32)13-4-5-13/h6-10,12-13H,2-5H2,1H3,(H2,28,29,30,31,32). The zero-order valence-electron chi connectivity index (χ0n) is 17.0. The third-order valence-corrected chi connectivity index (χ3v) is 5.48. The first-order valence-electron chi connectivity index (χ1n) is 10.2. The van der Waals surface area contributed by atoms with Crippen LogP contribution in [0, 0.1) is 18.8 Å². The van der Waals surface area contributed by atoms with Crippen molar-refractivity contribution in [2.24, 2.45) is 11.8 Å². The summed E-state index contributed by atoms with van der Waals surface area (Å²) in [5.74, 6) is -5.30. The summed E-state index contributed by atoms with van der Waals surface area (Å²) in [5, 5.41) is 5.35.